The molecule has 5 rings (SSSR count). The minimum atomic E-state index is -0.609. The van der Waals surface area contributed by atoms with Crippen LogP contribution < -0.4 is 20.3 Å². The van der Waals surface area contributed by atoms with E-state index < -0.39 is 11.8 Å². The van der Waals surface area contributed by atoms with Crippen LogP contribution in [-0.4, -0.2) is 17.7 Å². The van der Waals surface area contributed by atoms with Gasteiger partial charge in [0.05, 0.1) is 5.69 Å². The topological polar surface area (TPSA) is 87.7 Å². The highest BCUT2D eigenvalue weighted by Crippen LogP contribution is 2.31. The zero-order valence-corrected chi connectivity index (χ0v) is 21.7. The van der Waals surface area contributed by atoms with Crippen LogP contribution in [0.1, 0.15) is 22.8 Å². The van der Waals surface area contributed by atoms with Gasteiger partial charge in [-0.1, -0.05) is 54.9 Å². The second-order valence-electron chi connectivity index (χ2n) is 8.75. The predicted molar refractivity (Wildman–Crippen MR) is 152 cm³/mol. The van der Waals surface area contributed by atoms with Gasteiger partial charge in [-0.05, 0) is 78.7 Å². The van der Waals surface area contributed by atoms with Gasteiger partial charge in [-0.2, -0.15) is 0 Å². The molecule has 0 saturated heterocycles. The number of hydrogen-bond acceptors (Lipinski definition) is 5. The molecule has 0 bridgehead atoms. The average molecular weight is 538 g/mol. The molecule has 0 aliphatic carbocycles. The SMILES string of the molecule is CCc1ccc(N2C(=O)C(Cl)=C(Nc3cccc(C(=O)Nc4ccc(Oc5ccccc5)cc4)c3)C2=O)cc1. The van der Waals surface area contributed by atoms with E-state index in [4.69, 9.17) is 16.3 Å². The van der Waals surface area contributed by atoms with E-state index in [1.54, 1.807) is 60.7 Å². The Bertz CT molecular complexity index is 1570. The molecule has 194 valence electrons. The summed E-state index contributed by atoms with van der Waals surface area (Å²) in [5.41, 5.74) is 2.85. The van der Waals surface area contributed by atoms with Gasteiger partial charge in [0.15, 0.2) is 0 Å². The van der Waals surface area contributed by atoms with Crippen molar-refractivity contribution in [3.05, 3.63) is 125 Å². The van der Waals surface area contributed by atoms with Gasteiger partial charge < -0.3 is 15.4 Å². The molecule has 1 heterocycles. The molecule has 4 aromatic carbocycles. The van der Waals surface area contributed by atoms with E-state index in [1.807, 2.05) is 49.4 Å². The highest BCUT2D eigenvalue weighted by Gasteiger charge is 2.39. The molecule has 3 amide bonds. The molecule has 0 spiro atoms. The van der Waals surface area contributed by atoms with Crippen LogP contribution in [0.2, 0.25) is 0 Å². The summed E-state index contributed by atoms with van der Waals surface area (Å²) < 4.78 is 5.78. The van der Waals surface area contributed by atoms with Crippen LogP contribution in [0.3, 0.4) is 0 Å². The number of rotatable bonds is 8. The van der Waals surface area contributed by atoms with Crippen LogP contribution in [0.4, 0.5) is 17.1 Å². The number of amides is 3. The largest absolute Gasteiger partial charge is 0.457 e. The second kappa shape index (κ2) is 11.2. The molecule has 0 radical (unpaired) electrons. The third-order valence-corrected chi connectivity index (χ3v) is 6.47. The number of halogens is 1. The number of carbonyl (C=O) groups is 3. The Morgan fingerprint density at radius 1 is 0.795 bits per heavy atom. The van der Waals surface area contributed by atoms with Crippen molar-refractivity contribution in [1.29, 1.82) is 0 Å². The lowest BCUT2D eigenvalue weighted by atomic mass is 10.1. The van der Waals surface area contributed by atoms with Crippen LogP contribution in [0.15, 0.2) is 114 Å². The molecule has 0 atom stereocenters. The van der Waals surface area contributed by atoms with Crippen molar-refractivity contribution in [2.24, 2.45) is 0 Å². The van der Waals surface area contributed by atoms with Crippen molar-refractivity contribution in [2.45, 2.75) is 13.3 Å². The number of benzene rings is 4. The van der Waals surface area contributed by atoms with E-state index in [0.717, 1.165) is 16.9 Å². The van der Waals surface area contributed by atoms with Crippen LogP contribution in [0.5, 0.6) is 11.5 Å². The quantitative estimate of drug-likeness (QED) is 0.243. The summed E-state index contributed by atoms with van der Waals surface area (Å²) in [5.74, 6) is -0.165. The minimum absolute atomic E-state index is 0.0483. The number of imide groups is 1. The molecule has 1 aliphatic rings. The van der Waals surface area contributed by atoms with E-state index in [1.165, 1.54) is 0 Å². The predicted octanol–water partition coefficient (Wildman–Crippen LogP) is 6.73. The lowest BCUT2D eigenvalue weighted by Gasteiger charge is -2.15. The number of ether oxygens (including phenoxy) is 1. The number of anilines is 3. The normalized spacial score (nSPS) is 13.0. The smallest absolute Gasteiger partial charge is 0.283 e. The zero-order chi connectivity index (χ0) is 27.4. The minimum Gasteiger partial charge on any atom is -0.457 e. The van der Waals surface area contributed by atoms with E-state index in [2.05, 4.69) is 10.6 Å². The average Bonchev–Trinajstić information content (AvgIpc) is 3.17. The number of aryl methyl sites for hydroxylation is 1. The highest BCUT2D eigenvalue weighted by atomic mass is 35.5. The summed E-state index contributed by atoms with van der Waals surface area (Å²) in [7, 11) is 0. The van der Waals surface area contributed by atoms with Gasteiger partial charge in [0, 0.05) is 16.9 Å². The van der Waals surface area contributed by atoms with Gasteiger partial charge in [-0.25, -0.2) is 4.90 Å². The standard InChI is InChI=1S/C31H24ClN3O4/c1-2-20-11-15-24(16-12-20)35-30(37)27(32)28(31(35)38)33-23-8-6-7-21(19-23)29(36)34-22-13-17-26(18-14-22)39-25-9-4-3-5-10-25/h3-19,33H,2H2,1H3,(H,34,36). The van der Waals surface area contributed by atoms with Gasteiger partial charge in [-0.15, -0.1) is 0 Å². The molecule has 0 saturated carbocycles. The van der Waals surface area contributed by atoms with Crippen molar-refractivity contribution in [2.75, 3.05) is 15.5 Å². The van der Waals surface area contributed by atoms with Gasteiger partial charge in [0.25, 0.3) is 17.7 Å². The highest BCUT2D eigenvalue weighted by molar-refractivity contribution is 6.53. The van der Waals surface area contributed by atoms with Gasteiger partial charge in [0.1, 0.15) is 22.2 Å². The van der Waals surface area contributed by atoms with Crippen molar-refractivity contribution >= 4 is 46.4 Å². The summed E-state index contributed by atoms with van der Waals surface area (Å²) in [5, 5.41) is 5.55. The first-order chi connectivity index (χ1) is 18.9. The summed E-state index contributed by atoms with van der Waals surface area (Å²) >= 11 is 6.27. The van der Waals surface area contributed by atoms with Gasteiger partial charge in [-0.3, -0.25) is 14.4 Å². The molecule has 1 aliphatic heterocycles. The number of para-hydroxylation sites is 1. The van der Waals surface area contributed by atoms with Crippen molar-refractivity contribution in [1.82, 2.24) is 0 Å². The van der Waals surface area contributed by atoms with Crippen LogP contribution in [0.25, 0.3) is 0 Å². The Morgan fingerprint density at radius 3 is 2.18 bits per heavy atom. The molecule has 0 aromatic heterocycles. The molecule has 0 unspecified atom stereocenters. The maximum atomic E-state index is 13.1. The number of nitrogens with one attached hydrogen (secondary N) is 2. The molecular formula is C31H24ClN3O4. The summed E-state index contributed by atoms with van der Waals surface area (Å²) in [4.78, 5) is 39.8. The molecule has 8 heteroatoms. The van der Waals surface area contributed by atoms with E-state index in [-0.39, 0.29) is 16.6 Å². The Morgan fingerprint density at radius 2 is 1.49 bits per heavy atom. The first-order valence-corrected chi connectivity index (χ1v) is 12.7. The number of carbonyl (C=O) groups excluding carboxylic acids is 3. The van der Waals surface area contributed by atoms with Gasteiger partial charge >= 0.3 is 0 Å². The van der Waals surface area contributed by atoms with Crippen LogP contribution in [0, 0.1) is 0 Å². The van der Waals surface area contributed by atoms with Crippen LogP contribution >= 0.6 is 11.6 Å². The molecule has 0 fully saturated rings. The fourth-order valence-electron chi connectivity index (χ4n) is 4.04. The van der Waals surface area contributed by atoms with Gasteiger partial charge in [0.2, 0.25) is 0 Å². The van der Waals surface area contributed by atoms with E-state index in [0.29, 0.717) is 34.1 Å². The Kier molecular flexibility index (Phi) is 7.43. The summed E-state index contributed by atoms with van der Waals surface area (Å²) in [6.07, 6.45) is 0.839. The van der Waals surface area contributed by atoms with E-state index >= 15 is 0 Å². The monoisotopic (exact) mass is 537 g/mol. The van der Waals surface area contributed by atoms with Crippen LogP contribution in [-0.2, 0) is 16.0 Å². The maximum Gasteiger partial charge on any atom is 0.283 e. The third kappa shape index (κ3) is 5.68. The lowest BCUT2D eigenvalue weighted by molar-refractivity contribution is -0.120. The molecule has 7 nitrogen and oxygen atoms in total. The van der Waals surface area contributed by atoms with Crippen molar-refractivity contribution in [3.8, 4) is 11.5 Å². The lowest BCUT2D eigenvalue weighted by Crippen LogP contribution is -2.32. The van der Waals surface area contributed by atoms with Crippen molar-refractivity contribution < 1.29 is 19.1 Å². The molecular weight excluding hydrogens is 514 g/mol. The summed E-state index contributed by atoms with van der Waals surface area (Å²) in [6.45, 7) is 2.02. The molecule has 4 aromatic rings. The van der Waals surface area contributed by atoms with Crippen molar-refractivity contribution in [3.63, 3.8) is 0 Å². The first kappa shape index (κ1) is 25.8. The number of nitrogens with zero attached hydrogens (tertiary/aromatic N) is 1. The fourth-order valence-corrected chi connectivity index (χ4v) is 4.26. The second-order valence-corrected chi connectivity index (χ2v) is 9.13. The summed E-state index contributed by atoms with van der Waals surface area (Å²) in [6, 6.07) is 30.1. The first-order valence-electron chi connectivity index (χ1n) is 12.3. The number of hydrogen-bond donors (Lipinski definition) is 2. The molecule has 39 heavy (non-hydrogen) atoms. The Labute approximate surface area is 230 Å². The maximum absolute atomic E-state index is 13.1. The molecule has 2 N–H and O–H groups in total. The Balaban J connectivity index is 1.26. The third-order valence-electron chi connectivity index (χ3n) is 6.12. The Hall–Kier alpha value is -4.88. The van der Waals surface area contributed by atoms with E-state index in [9.17, 15) is 14.4 Å². The fraction of sp³-hybridized carbons (Fsp3) is 0.0645. The zero-order valence-electron chi connectivity index (χ0n) is 21.0.